The van der Waals surface area contributed by atoms with Crippen LogP contribution in [-0.2, 0) is 32.0 Å². The third-order valence-corrected chi connectivity index (χ3v) is 4.42. The first-order valence-corrected chi connectivity index (χ1v) is 8.71. The number of rotatable bonds is 6. The molecule has 24 heavy (non-hydrogen) atoms. The lowest BCUT2D eigenvalue weighted by atomic mass is 9.97. The molecule has 11 heteroatoms. The molecule has 10 nitrogen and oxygen atoms in total. The molecular formula is C13H20O10S. The van der Waals surface area contributed by atoms with Crippen molar-refractivity contribution in [3.05, 3.63) is 23.7 Å². The van der Waals surface area contributed by atoms with Crippen LogP contribution < -0.4 is 0 Å². The van der Waals surface area contributed by atoms with Crippen LogP contribution in [-0.4, -0.2) is 71.2 Å². The van der Waals surface area contributed by atoms with Gasteiger partial charge in [-0.15, -0.1) is 0 Å². The van der Waals surface area contributed by atoms with Crippen molar-refractivity contribution in [3.8, 4) is 0 Å². The van der Waals surface area contributed by atoms with Crippen LogP contribution in [0.25, 0.3) is 0 Å². The van der Waals surface area contributed by atoms with Crippen molar-refractivity contribution in [1.82, 2.24) is 0 Å². The van der Waals surface area contributed by atoms with Gasteiger partial charge in [0.05, 0.1) is 38.5 Å². The van der Waals surface area contributed by atoms with Crippen LogP contribution in [0.4, 0.5) is 0 Å². The number of hydrogen-bond donors (Lipinski definition) is 5. The minimum atomic E-state index is -4.25. The second kappa shape index (κ2) is 7.89. The average molecular weight is 368 g/mol. The van der Waals surface area contributed by atoms with Gasteiger partial charge in [-0.25, -0.2) is 0 Å². The summed E-state index contributed by atoms with van der Waals surface area (Å²) in [6.45, 7) is -0.826. The molecule has 0 spiro atoms. The largest absolute Gasteiger partial charge is 0.472 e. The molecule has 0 saturated carbocycles. The molecule has 0 bridgehead atoms. The fourth-order valence-corrected chi connectivity index (χ4v) is 2.98. The molecule has 5 unspecified atom stereocenters. The van der Waals surface area contributed by atoms with Crippen molar-refractivity contribution in [3.63, 3.8) is 0 Å². The lowest BCUT2D eigenvalue weighted by molar-refractivity contribution is -0.214. The zero-order valence-electron chi connectivity index (χ0n) is 12.6. The molecule has 1 aromatic rings. The van der Waals surface area contributed by atoms with Gasteiger partial charge in [-0.2, -0.15) is 8.42 Å². The Morgan fingerprint density at radius 3 is 2.42 bits per heavy atom. The van der Waals surface area contributed by atoms with E-state index in [-0.39, 0.29) is 18.8 Å². The van der Waals surface area contributed by atoms with Gasteiger partial charge in [-0.1, -0.05) is 0 Å². The number of aliphatic hydroxyl groups excluding tert-OH is 4. The Morgan fingerprint density at radius 2 is 1.79 bits per heavy atom. The van der Waals surface area contributed by atoms with Gasteiger partial charge in [0, 0.05) is 17.0 Å². The normalized spacial score (nSPS) is 31.8. The highest BCUT2D eigenvalue weighted by Gasteiger charge is 2.40. The summed E-state index contributed by atoms with van der Waals surface area (Å²) in [6, 6.07) is 0. The smallest absolute Gasteiger partial charge is 0.269 e. The van der Waals surface area contributed by atoms with Crippen LogP contribution >= 0.6 is 0 Å². The van der Waals surface area contributed by atoms with Gasteiger partial charge in [0.25, 0.3) is 10.1 Å². The summed E-state index contributed by atoms with van der Waals surface area (Å²) < 4.78 is 46.2. The molecule has 2 heterocycles. The second-order valence-corrected chi connectivity index (χ2v) is 7.03. The molecule has 1 fully saturated rings. The molecule has 1 saturated heterocycles. The molecule has 1 aliphatic heterocycles. The van der Waals surface area contributed by atoms with Crippen LogP contribution in [0.3, 0.4) is 0 Å². The van der Waals surface area contributed by atoms with Crippen molar-refractivity contribution in [2.75, 3.05) is 13.2 Å². The van der Waals surface area contributed by atoms with Crippen molar-refractivity contribution in [2.24, 2.45) is 5.92 Å². The van der Waals surface area contributed by atoms with E-state index in [1.54, 1.807) is 0 Å². The van der Waals surface area contributed by atoms with Crippen LogP contribution in [0.2, 0.25) is 0 Å². The van der Waals surface area contributed by atoms with Crippen LogP contribution in [0.15, 0.2) is 16.9 Å². The highest BCUT2D eigenvalue weighted by atomic mass is 32.2. The highest BCUT2D eigenvalue weighted by Crippen LogP contribution is 2.23. The summed E-state index contributed by atoms with van der Waals surface area (Å²) in [7, 11) is -4.25. The van der Waals surface area contributed by atoms with E-state index in [1.165, 1.54) is 6.26 Å². The molecule has 138 valence electrons. The molecule has 5 atom stereocenters. The standard InChI is InChI=1S/C13H20O10S/c14-1-7-4-22-13(12(17)11(16)10(7)15)23-5-8-2-21-3-9(8)6-24(18,19)20/h2-3,7,10-17H,1,4-6H2,(H,18,19,20). The summed E-state index contributed by atoms with van der Waals surface area (Å²) in [6.07, 6.45) is -3.50. The van der Waals surface area contributed by atoms with Gasteiger partial charge >= 0.3 is 0 Å². The molecule has 0 aliphatic carbocycles. The summed E-state index contributed by atoms with van der Waals surface area (Å²) in [5.74, 6) is -1.45. The molecule has 0 amide bonds. The zero-order chi connectivity index (χ0) is 17.9. The molecule has 5 N–H and O–H groups in total. The molecule has 1 aliphatic rings. The summed E-state index contributed by atoms with van der Waals surface area (Å²) >= 11 is 0. The maximum absolute atomic E-state index is 10.9. The first kappa shape index (κ1) is 19.3. The van der Waals surface area contributed by atoms with Crippen molar-refractivity contribution < 1.29 is 47.3 Å². The number of furan rings is 1. The molecular weight excluding hydrogens is 348 g/mol. The van der Waals surface area contributed by atoms with E-state index in [4.69, 9.17) is 23.6 Å². The van der Waals surface area contributed by atoms with E-state index in [2.05, 4.69) is 0 Å². The number of aliphatic hydroxyl groups is 4. The van der Waals surface area contributed by atoms with Gasteiger partial charge < -0.3 is 34.3 Å². The first-order chi connectivity index (χ1) is 11.2. The van der Waals surface area contributed by atoms with E-state index in [9.17, 15) is 23.7 Å². The summed E-state index contributed by atoms with van der Waals surface area (Å²) in [4.78, 5) is 0. The third kappa shape index (κ3) is 4.74. The Balaban J connectivity index is 2.02. The monoisotopic (exact) mass is 368 g/mol. The molecule has 2 rings (SSSR count). The Kier molecular flexibility index (Phi) is 6.33. The van der Waals surface area contributed by atoms with E-state index in [1.807, 2.05) is 0 Å². The van der Waals surface area contributed by atoms with Gasteiger partial charge in [0.2, 0.25) is 0 Å². The first-order valence-electron chi connectivity index (χ1n) is 7.10. The quantitative estimate of drug-likeness (QED) is 0.363. The predicted octanol–water partition coefficient (Wildman–Crippen LogP) is -1.77. The zero-order valence-corrected chi connectivity index (χ0v) is 13.4. The van der Waals surface area contributed by atoms with Crippen LogP contribution in [0, 0.1) is 5.92 Å². The third-order valence-electron chi connectivity index (χ3n) is 3.74. The predicted molar refractivity (Wildman–Crippen MR) is 77.1 cm³/mol. The maximum Gasteiger partial charge on any atom is 0.269 e. The molecule has 1 aromatic heterocycles. The number of ether oxygens (including phenoxy) is 2. The van der Waals surface area contributed by atoms with Crippen molar-refractivity contribution in [1.29, 1.82) is 0 Å². The lowest BCUT2D eigenvalue weighted by Crippen LogP contribution is -2.45. The van der Waals surface area contributed by atoms with Crippen molar-refractivity contribution in [2.45, 2.75) is 37.0 Å². The Bertz CT molecular complexity index is 626. The second-order valence-electron chi connectivity index (χ2n) is 5.58. The topological polar surface area (TPSA) is 167 Å². The summed E-state index contributed by atoms with van der Waals surface area (Å²) in [5, 5.41) is 38.8. The average Bonchev–Trinajstić information content (AvgIpc) is 2.90. The minimum Gasteiger partial charge on any atom is -0.472 e. The Labute approximate surface area is 138 Å². The Hall–Kier alpha value is -1.05. The van der Waals surface area contributed by atoms with Crippen LogP contribution in [0.1, 0.15) is 11.1 Å². The van der Waals surface area contributed by atoms with E-state index in [0.29, 0.717) is 5.56 Å². The molecule has 0 aromatic carbocycles. The van der Waals surface area contributed by atoms with Gasteiger partial charge in [0.15, 0.2) is 6.29 Å². The maximum atomic E-state index is 10.9. The highest BCUT2D eigenvalue weighted by molar-refractivity contribution is 7.85. The lowest BCUT2D eigenvalue weighted by Gasteiger charge is -2.25. The molecule has 0 radical (unpaired) electrons. The van der Waals surface area contributed by atoms with E-state index < -0.39 is 53.0 Å². The van der Waals surface area contributed by atoms with Crippen molar-refractivity contribution >= 4 is 10.1 Å². The fraction of sp³-hybridized carbons (Fsp3) is 0.692. The van der Waals surface area contributed by atoms with E-state index >= 15 is 0 Å². The van der Waals surface area contributed by atoms with E-state index in [0.717, 1.165) is 6.26 Å². The Morgan fingerprint density at radius 1 is 1.12 bits per heavy atom. The van der Waals surface area contributed by atoms with Crippen LogP contribution in [0.5, 0.6) is 0 Å². The number of hydrogen-bond acceptors (Lipinski definition) is 9. The summed E-state index contributed by atoms with van der Waals surface area (Å²) in [5.41, 5.74) is 0.482. The minimum absolute atomic E-state index is 0.153. The SMILES string of the molecule is O=S(=O)(O)Cc1cocc1COC1OCC(CO)C(O)C(O)C1O. The van der Waals surface area contributed by atoms with Gasteiger partial charge in [0.1, 0.15) is 18.0 Å². The van der Waals surface area contributed by atoms with Gasteiger partial charge in [-0.05, 0) is 0 Å². The fourth-order valence-electron chi connectivity index (χ4n) is 2.34. The van der Waals surface area contributed by atoms with Gasteiger partial charge in [-0.3, -0.25) is 4.55 Å².